The highest BCUT2D eigenvalue weighted by atomic mass is 19.1. The van der Waals surface area contributed by atoms with E-state index in [1.165, 1.54) is 6.07 Å². The van der Waals surface area contributed by atoms with Gasteiger partial charge in [-0.15, -0.1) is 0 Å². The normalized spacial score (nSPS) is 12.2. The molecule has 0 aromatic heterocycles. The Balaban J connectivity index is 2.15. The Bertz CT molecular complexity index is 564. The molecule has 0 heterocycles. The van der Waals surface area contributed by atoms with E-state index in [2.05, 4.69) is 0 Å². The lowest BCUT2D eigenvalue weighted by Gasteiger charge is -2.13. The number of aliphatic hydroxyl groups excluding tert-OH is 1. The maximum atomic E-state index is 13.5. The van der Waals surface area contributed by atoms with E-state index < -0.39 is 6.10 Å². The Labute approximate surface area is 118 Å². The zero-order valence-electron chi connectivity index (χ0n) is 11.8. The molecule has 2 aromatic carbocycles. The molecular formula is C17H19FO2. The summed E-state index contributed by atoms with van der Waals surface area (Å²) in [7, 11) is 0. The van der Waals surface area contributed by atoms with Crippen LogP contribution in [0.5, 0.6) is 5.75 Å². The summed E-state index contributed by atoms with van der Waals surface area (Å²) < 4.78 is 19.0. The molecule has 20 heavy (non-hydrogen) atoms. The fraction of sp³-hybridized carbons (Fsp3) is 0.294. The molecule has 0 spiro atoms. The van der Waals surface area contributed by atoms with Crippen molar-refractivity contribution in [3.05, 3.63) is 65.0 Å². The SMILES string of the molecule is CCCOc1ccc(C(O)c2ccc(C)c(F)c2)cc1. The van der Waals surface area contributed by atoms with Gasteiger partial charge in [-0.2, -0.15) is 0 Å². The highest BCUT2D eigenvalue weighted by Gasteiger charge is 2.12. The van der Waals surface area contributed by atoms with Gasteiger partial charge in [0.25, 0.3) is 0 Å². The van der Waals surface area contributed by atoms with Crippen LogP contribution in [0.1, 0.15) is 36.1 Å². The quantitative estimate of drug-likeness (QED) is 0.892. The molecule has 0 amide bonds. The Morgan fingerprint density at radius 2 is 1.75 bits per heavy atom. The molecule has 0 aliphatic rings. The number of rotatable bonds is 5. The second kappa shape index (κ2) is 6.53. The molecule has 1 atom stereocenters. The summed E-state index contributed by atoms with van der Waals surface area (Å²) in [6, 6.07) is 12.0. The van der Waals surface area contributed by atoms with Crippen LogP contribution in [0.25, 0.3) is 0 Å². The van der Waals surface area contributed by atoms with Gasteiger partial charge in [0, 0.05) is 0 Å². The third-order valence-electron chi connectivity index (χ3n) is 3.18. The summed E-state index contributed by atoms with van der Waals surface area (Å²) >= 11 is 0. The topological polar surface area (TPSA) is 29.5 Å². The average molecular weight is 274 g/mol. The van der Waals surface area contributed by atoms with Crippen LogP contribution in [0, 0.1) is 12.7 Å². The maximum Gasteiger partial charge on any atom is 0.126 e. The van der Waals surface area contributed by atoms with Crippen molar-refractivity contribution < 1.29 is 14.2 Å². The summed E-state index contributed by atoms with van der Waals surface area (Å²) in [5.74, 6) is 0.474. The first-order valence-electron chi connectivity index (χ1n) is 6.78. The lowest BCUT2D eigenvalue weighted by Crippen LogP contribution is -2.01. The van der Waals surface area contributed by atoms with Crippen molar-refractivity contribution >= 4 is 0 Å². The van der Waals surface area contributed by atoms with Gasteiger partial charge in [-0.05, 0) is 48.2 Å². The van der Waals surface area contributed by atoms with E-state index in [-0.39, 0.29) is 5.82 Å². The Morgan fingerprint density at radius 1 is 1.10 bits per heavy atom. The molecule has 1 N–H and O–H groups in total. The minimum absolute atomic E-state index is 0.301. The number of ether oxygens (including phenoxy) is 1. The minimum Gasteiger partial charge on any atom is -0.494 e. The molecule has 0 radical (unpaired) electrons. The fourth-order valence-electron chi connectivity index (χ4n) is 1.94. The second-order valence-corrected chi connectivity index (χ2v) is 4.83. The lowest BCUT2D eigenvalue weighted by atomic mass is 10.0. The van der Waals surface area contributed by atoms with Crippen molar-refractivity contribution in [3.63, 3.8) is 0 Å². The molecule has 0 aliphatic heterocycles. The number of aryl methyl sites for hydroxylation is 1. The number of benzene rings is 2. The molecule has 106 valence electrons. The predicted molar refractivity (Wildman–Crippen MR) is 77.4 cm³/mol. The smallest absolute Gasteiger partial charge is 0.126 e. The van der Waals surface area contributed by atoms with E-state index in [1.807, 2.05) is 19.1 Å². The molecule has 2 rings (SSSR count). The third-order valence-corrected chi connectivity index (χ3v) is 3.18. The molecular weight excluding hydrogens is 255 g/mol. The van der Waals surface area contributed by atoms with Gasteiger partial charge in [-0.3, -0.25) is 0 Å². The molecule has 0 saturated carbocycles. The molecule has 0 aliphatic carbocycles. The van der Waals surface area contributed by atoms with Gasteiger partial charge in [0.1, 0.15) is 17.7 Å². The molecule has 2 nitrogen and oxygen atoms in total. The van der Waals surface area contributed by atoms with Gasteiger partial charge < -0.3 is 9.84 Å². The molecule has 1 unspecified atom stereocenters. The first-order valence-corrected chi connectivity index (χ1v) is 6.78. The number of hydrogen-bond acceptors (Lipinski definition) is 2. The molecule has 0 bridgehead atoms. The Kier molecular flexibility index (Phi) is 4.74. The number of aliphatic hydroxyl groups is 1. The number of halogens is 1. The van der Waals surface area contributed by atoms with Crippen LogP contribution in [-0.2, 0) is 0 Å². The van der Waals surface area contributed by atoms with Crippen molar-refractivity contribution in [2.24, 2.45) is 0 Å². The second-order valence-electron chi connectivity index (χ2n) is 4.83. The van der Waals surface area contributed by atoms with Crippen LogP contribution in [-0.4, -0.2) is 11.7 Å². The van der Waals surface area contributed by atoms with E-state index in [0.29, 0.717) is 17.7 Å². The van der Waals surface area contributed by atoms with Gasteiger partial charge >= 0.3 is 0 Å². The molecule has 0 saturated heterocycles. The van der Waals surface area contributed by atoms with Crippen molar-refractivity contribution in [3.8, 4) is 5.75 Å². The van der Waals surface area contributed by atoms with Crippen molar-refractivity contribution in [2.45, 2.75) is 26.4 Å². The minimum atomic E-state index is -0.828. The van der Waals surface area contributed by atoms with Gasteiger partial charge in [-0.1, -0.05) is 31.2 Å². The van der Waals surface area contributed by atoms with E-state index >= 15 is 0 Å². The average Bonchev–Trinajstić information content (AvgIpc) is 2.48. The predicted octanol–water partition coefficient (Wildman–Crippen LogP) is 4.00. The van der Waals surface area contributed by atoms with Crippen LogP contribution < -0.4 is 4.74 Å². The maximum absolute atomic E-state index is 13.5. The van der Waals surface area contributed by atoms with Gasteiger partial charge in [0.2, 0.25) is 0 Å². The zero-order valence-corrected chi connectivity index (χ0v) is 11.8. The first kappa shape index (κ1) is 14.5. The number of hydrogen-bond donors (Lipinski definition) is 1. The summed E-state index contributed by atoms with van der Waals surface area (Å²) in [4.78, 5) is 0. The Morgan fingerprint density at radius 3 is 2.35 bits per heavy atom. The summed E-state index contributed by atoms with van der Waals surface area (Å²) in [6.45, 7) is 4.42. The largest absolute Gasteiger partial charge is 0.494 e. The lowest BCUT2D eigenvalue weighted by molar-refractivity contribution is 0.219. The fourth-order valence-corrected chi connectivity index (χ4v) is 1.94. The molecule has 3 heteroatoms. The summed E-state index contributed by atoms with van der Waals surface area (Å²) in [5, 5.41) is 10.3. The summed E-state index contributed by atoms with van der Waals surface area (Å²) in [5.41, 5.74) is 1.84. The van der Waals surface area contributed by atoms with Crippen LogP contribution in [0.4, 0.5) is 4.39 Å². The Hall–Kier alpha value is -1.87. The van der Waals surface area contributed by atoms with Crippen LogP contribution in [0.15, 0.2) is 42.5 Å². The third kappa shape index (κ3) is 3.36. The van der Waals surface area contributed by atoms with Crippen LogP contribution >= 0.6 is 0 Å². The standard InChI is InChI=1S/C17H19FO2/c1-3-10-20-15-8-6-13(7-9-15)17(19)14-5-4-12(2)16(18)11-14/h4-9,11,17,19H,3,10H2,1-2H3. The van der Waals surface area contributed by atoms with E-state index in [9.17, 15) is 9.50 Å². The van der Waals surface area contributed by atoms with Crippen LogP contribution in [0.2, 0.25) is 0 Å². The van der Waals surface area contributed by atoms with Crippen molar-refractivity contribution in [1.82, 2.24) is 0 Å². The van der Waals surface area contributed by atoms with E-state index in [4.69, 9.17) is 4.74 Å². The monoisotopic (exact) mass is 274 g/mol. The van der Waals surface area contributed by atoms with Crippen LogP contribution in [0.3, 0.4) is 0 Å². The van der Waals surface area contributed by atoms with Crippen molar-refractivity contribution in [2.75, 3.05) is 6.61 Å². The molecule has 0 fully saturated rings. The van der Waals surface area contributed by atoms with E-state index in [0.717, 1.165) is 17.7 Å². The van der Waals surface area contributed by atoms with Gasteiger partial charge in [-0.25, -0.2) is 4.39 Å². The van der Waals surface area contributed by atoms with Gasteiger partial charge in [0.05, 0.1) is 6.61 Å². The van der Waals surface area contributed by atoms with E-state index in [1.54, 1.807) is 31.2 Å². The summed E-state index contributed by atoms with van der Waals surface area (Å²) in [6.07, 6.45) is 0.123. The highest BCUT2D eigenvalue weighted by molar-refractivity contribution is 5.35. The van der Waals surface area contributed by atoms with Crippen molar-refractivity contribution in [1.29, 1.82) is 0 Å². The van der Waals surface area contributed by atoms with Gasteiger partial charge in [0.15, 0.2) is 0 Å². The zero-order chi connectivity index (χ0) is 14.5. The first-order chi connectivity index (χ1) is 9.61. The molecule has 2 aromatic rings. The highest BCUT2D eigenvalue weighted by Crippen LogP contribution is 2.25.